The van der Waals surface area contributed by atoms with Crippen LogP contribution >= 0.6 is 11.3 Å². The highest BCUT2D eigenvalue weighted by molar-refractivity contribution is 7.21. The smallest absolute Gasteiger partial charge is 0.329 e. The van der Waals surface area contributed by atoms with Crippen LogP contribution in [0.2, 0.25) is 0 Å². The summed E-state index contributed by atoms with van der Waals surface area (Å²) in [5.41, 5.74) is 7.65. The molecule has 0 bridgehead atoms. The lowest BCUT2D eigenvalue weighted by Crippen LogP contribution is -2.49. The van der Waals surface area contributed by atoms with Gasteiger partial charge in [0.15, 0.2) is 0 Å². The van der Waals surface area contributed by atoms with Gasteiger partial charge in [-0.1, -0.05) is 24.3 Å². The number of carbonyl (C=O) groups is 3. The number of hydrogen-bond donors (Lipinski definition) is 3. The molecule has 310 valence electrons. The van der Waals surface area contributed by atoms with Crippen molar-refractivity contribution in [3.63, 3.8) is 0 Å². The number of piperazine rings is 1. The maximum atomic E-state index is 13.4. The molecule has 3 fully saturated rings. The van der Waals surface area contributed by atoms with Gasteiger partial charge in [0, 0.05) is 105 Å². The van der Waals surface area contributed by atoms with E-state index in [4.69, 9.17) is 4.98 Å². The van der Waals surface area contributed by atoms with Crippen LogP contribution in [0.5, 0.6) is 0 Å². The third-order valence-electron chi connectivity index (χ3n) is 13.2. The zero-order valence-corrected chi connectivity index (χ0v) is 35.0. The Kier molecular flexibility index (Phi) is 10.2. The van der Waals surface area contributed by atoms with Gasteiger partial charge in [-0.15, -0.1) is 11.3 Å². The Labute approximate surface area is 352 Å². The van der Waals surface area contributed by atoms with E-state index in [0.717, 1.165) is 118 Å². The topological polar surface area (TPSA) is 137 Å². The molecule has 7 heterocycles. The number of para-hydroxylation sites is 1. The molecule has 1 unspecified atom stereocenters. The molecule has 0 spiro atoms. The number of nitrogens with one attached hydrogen (secondary N) is 3. The second kappa shape index (κ2) is 15.8. The van der Waals surface area contributed by atoms with E-state index in [1.54, 1.807) is 16.2 Å². The molecule has 4 aliphatic rings. The normalized spacial score (nSPS) is 21.0. The number of imide groups is 1. The van der Waals surface area contributed by atoms with Crippen molar-refractivity contribution in [2.45, 2.75) is 51.1 Å². The summed E-state index contributed by atoms with van der Waals surface area (Å²) >= 11 is 1.54. The van der Waals surface area contributed by atoms with Crippen molar-refractivity contribution in [3.05, 3.63) is 87.7 Å². The van der Waals surface area contributed by atoms with E-state index in [1.807, 2.05) is 19.1 Å². The molecule has 13 nitrogen and oxygen atoms in total. The predicted molar refractivity (Wildman–Crippen MR) is 238 cm³/mol. The number of aryl methyl sites for hydroxylation is 1. The van der Waals surface area contributed by atoms with Crippen LogP contribution in [-0.2, 0) is 23.1 Å². The fourth-order valence-corrected chi connectivity index (χ4v) is 11.0. The Hall–Kier alpha value is -5.57. The maximum absolute atomic E-state index is 13.4. The number of aromatic nitrogens is 3. The largest absolute Gasteiger partial charge is 0.381 e. The van der Waals surface area contributed by atoms with Gasteiger partial charge in [-0.25, -0.2) is 9.78 Å². The zero-order valence-electron chi connectivity index (χ0n) is 34.2. The number of nitrogens with zero attached hydrogens (tertiary/aromatic N) is 6. The van der Waals surface area contributed by atoms with E-state index in [-0.39, 0.29) is 30.0 Å². The molecule has 3 aromatic heterocycles. The number of carbonyl (C=O) groups excluding carboxylic acids is 3. The average molecular weight is 826 g/mol. The highest BCUT2D eigenvalue weighted by Gasteiger charge is 2.32. The van der Waals surface area contributed by atoms with Crippen molar-refractivity contribution in [1.82, 2.24) is 34.6 Å². The summed E-state index contributed by atoms with van der Waals surface area (Å²) < 4.78 is 4.32. The fraction of sp³-hybridized carbons (Fsp3) is 0.413. The van der Waals surface area contributed by atoms with E-state index >= 15 is 0 Å². The minimum absolute atomic E-state index is 0.0149. The maximum Gasteiger partial charge on any atom is 0.329 e. The molecule has 3 saturated heterocycles. The fourth-order valence-electron chi connectivity index (χ4n) is 9.91. The summed E-state index contributed by atoms with van der Waals surface area (Å²) in [5.74, 6) is -0.0269. The SMILES string of the molecule is C[C@@H]1CNc2c(sc3ccc4nc(-c5cccc(N6CCC(CN7CCN(CCc8cccc9c8n(C)c(=O)n9C8CCC(=O)NC8=O)CC7)CC6)c5)ccc4c23)C(=O)N1. The third-order valence-corrected chi connectivity index (χ3v) is 14.4. The van der Waals surface area contributed by atoms with Crippen molar-refractivity contribution in [2.24, 2.45) is 13.0 Å². The van der Waals surface area contributed by atoms with Gasteiger partial charge in [-0.2, -0.15) is 0 Å². The molecule has 0 saturated carbocycles. The molecular formula is C46H51N9O4S. The van der Waals surface area contributed by atoms with Gasteiger partial charge >= 0.3 is 5.69 Å². The molecule has 4 aliphatic heterocycles. The lowest BCUT2D eigenvalue weighted by molar-refractivity contribution is -0.135. The third kappa shape index (κ3) is 7.13. The Bertz CT molecular complexity index is 2720. The van der Waals surface area contributed by atoms with Crippen molar-refractivity contribution >= 4 is 72.5 Å². The molecule has 60 heavy (non-hydrogen) atoms. The number of amides is 3. The lowest BCUT2D eigenvalue weighted by Gasteiger charge is -2.39. The molecule has 3 amide bonds. The number of piperidine rings is 2. The zero-order chi connectivity index (χ0) is 41.1. The van der Waals surface area contributed by atoms with Crippen LogP contribution in [0.15, 0.2) is 71.5 Å². The molecule has 3 aromatic carbocycles. The van der Waals surface area contributed by atoms with Crippen LogP contribution in [0.3, 0.4) is 0 Å². The number of rotatable bonds is 8. The summed E-state index contributed by atoms with van der Waals surface area (Å²) in [6, 6.07) is 22.6. The van der Waals surface area contributed by atoms with Crippen LogP contribution < -0.4 is 26.5 Å². The van der Waals surface area contributed by atoms with E-state index < -0.39 is 11.9 Å². The van der Waals surface area contributed by atoms with Gasteiger partial charge in [-0.3, -0.25) is 28.8 Å². The van der Waals surface area contributed by atoms with Gasteiger partial charge < -0.3 is 25.3 Å². The number of hydrogen-bond acceptors (Lipinski definition) is 10. The lowest BCUT2D eigenvalue weighted by atomic mass is 9.95. The van der Waals surface area contributed by atoms with Crippen molar-refractivity contribution < 1.29 is 14.4 Å². The number of benzene rings is 3. The van der Waals surface area contributed by atoms with Gasteiger partial charge in [0.1, 0.15) is 10.9 Å². The second-order valence-electron chi connectivity index (χ2n) is 17.1. The summed E-state index contributed by atoms with van der Waals surface area (Å²) in [6.07, 6.45) is 3.73. The van der Waals surface area contributed by atoms with Gasteiger partial charge in [0.2, 0.25) is 11.8 Å². The first-order chi connectivity index (χ1) is 29.2. The van der Waals surface area contributed by atoms with Gasteiger partial charge in [0.25, 0.3) is 5.91 Å². The first-order valence-electron chi connectivity index (χ1n) is 21.4. The number of thiophene rings is 1. The highest BCUT2D eigenvalue weighted by atomic mass is 32.1. The van der Waals surface area contributed by atoms with Crippen LogP contribution in [0.25, 0.3) is 43.3 Å². The van der Waals surface area contributed by atoms with E-state index in [0.29, 0.717) is 18.9 Å². The molecular weight excluding hydrogens is 775 g/mol. The van der Waals surface area contributed by atoms with Gasteiger partial charge in [-0.05, 0) is 86.6 Å². The predicted octanol–water partition coefficient (Wildman–Crippen LogP) is 5.37. The van der Waals surface area contributed by atoms with Crippen LogP contribution in [-0.4, -0.2) is 107 Å². The summed E-state index contributed by atoms with van der Waals surface area (Å²) in [6.45, 7) is 11.0. The van der Waals surface area contributed by atoms with Gasteiger partial charge in [0.05, 0.1) is 27.9 Å². The molecule has 0 aliphatic carbocycles. The Balaban J connectivity index is 0.734. The molecule has 6 aromatic rings. The number of fused-ring (bicyclic) bond motifs is 6. The summed E-state index contributed by atoms with van der Waals surface area (Å²) in [5, 5.41) is 11.2. The van der Waals surface area contributed by atoms with E-state index in [1.165, 1.54) is 29.9 Å². The molecule has 10 rings (SSSR count). The van der Waals surface area contributed by atoms with Crippen LogP contribution in [0, 0.1) is 5.92 Å². The molecule has 0 radical (unpaired) electrons. The Morgan fingerprint density at radius 1 is 0.867 bits per heavy atom. The number of pyridine rings is 1. The van der Waals surface area contributed by atoms with Crippen molar-refractivity contribution in [1.29, 1.82) is 0 Å². The van der Waals surface area contributed by atoms with E-state index in [2.05, 4.69) is 85.2 Å². The summed E-state index contributed by atoms with van der Waals surface area (Å²) in [7, 11) is 1.77. The number of imidazole rings is 1. The minimum Gasteiger partial charge on any atom is -0.381 e. The second-order valence-corrected chi connectivity index (χ2v) is 18.2. The number of anilines is 2. The quantitative estimate of drug-likeness (QED) is 0.173. The average Bonchev–Trinajstić information content (AvgIpc) is 3.72. The van der Waals surface area contributed by atoms with Crippen LogP contribution in [0.4, 0.5) is 11.4 Å². The molecule has 2 atom stereocenters. The summed E-state index contributed by atoms with van der Waals surface area (Å²) in [4.78, 5) is 64.3. The van der Waals surface area contributed by atoms with Crippen LogP contribution in [0.1, 0.15) is 53.9 Å². The monoisotopic (exact) mass is 825 g/mol. The van der Waals surface area contributed by atoms with Crippen molar-refractivity contribution in [2.75, 3.05) is 69.1 Å². The van der Waals surface area contributed by atoms with E-state index in [9.17, 15) is 19.2 Å². The van der Waals surface area contributed by atoms with Crippen molar-refractivity contribution in [3.8, 4) is 11.3 Å². The molecule has 14 heteroatoms. The minimum atomic E-state index is -0.675. The first kappa shape index (κ1) is 38.6. The Morgan fingerprint density at radius 3 is 2.48 bits per heavy atom. The molecule has 3 N–H and O–H groups in total. The first-order valence-corrected chi connectivity index (χ1v) is 22.2. The standard InChI is InChI=1S/C46H51N9O4S/c1-28-26-47-41-40-33-9-10-34(49-35(33)11-13-38(40)60-43(41)45(58)48-28)31-6-3-7-32(25-31)54-19-15-29(16-20-54)27-53-23-21-52(22-24-53)18-17-30-5-4-8-36-42(30)51(2)46(59)55(36)37-12-14-39(56)50-44(37)57/h3-11,13,25,28-29,37,47H,12,14-24,26-27H2,1-2H3,(H,48,58)(H,50,56,57)/t28-,37?/m1/s1. The highest BCUT2D eigenvalue weighted by Crippen LogP contribution is 2.41. The Morgan fingerprint density at radius 2 is 1.67 bits per heavy atom.